The van der Waals surface area contributed by atoms with Gasteiger partial charge >= 0.3 is 0 Å². The molecular formula is C32H35N3O. The first-order chi connectivity index (χ1) is 17.6. The molecule has 0 spiro atoms. The molecule has 3 aromatic carbocycles. The van der Waals surface area contributed by atoms with Crippen LogP contribution in [-0.4, -0.2) is 53.0 Å². The summed E-state index contributed by atoms with van der Waals surface area (Å²) < 4.78 is 2.18. The molecule has 1 aromatic heterocycles. The van der Waals surface area contributed by atoms with E-state index in [0.29, 0.717) is 6.42 Å². The lowest BCUT2D eigenvalue weighted by Gasteiger charge is -2.35. The molecule has 1 atom stereocenters. The Morgan fingerprint density at radius 3 is 2.33 bits per heavy atom. The molecule has 5 rings (SSSR count). The highest BCUT2D eigenvalue weighted by molar-refractivity contribution is 5.86. The van der Waals surface area contributed by atoms with Crippen molar-refractivity contribution >= 4 is 22.9 Å². The van der Waals surface area contributed by atoms with E-state index in [0.717, 1.165) is 32.7 Å². The highest BCUT2D eigenvalue weighted by atomic mass is 16.2. The molecule has 1 aliphatic heterocycles. The number of rotatable bonds is 7. The molecule has 4 aromatic rings. The van der Waals surface area contributed by atoms with E-state index in [4.69, 9.17) is 0 Å². The fraction of sp³-hybridized carbons (Fsp3) is 0.281. The second-order valence-electron chi connectivity index (χ2n) is 9.87. The molecule has 1 aliphatic rings. The van der Waals surface area contributed by atoms with Crippen LogP contribution < -0.4 is 0 Å². The van der Waals surface area contributed by atoms with Crippen molar-refractivity contribution in [2.45, 2.75) is 19.3 Å². The third kappa shape index (κ3) is 5.44. The standard InChI is InChI=1S/C32H35N3O/c1-25-14-16-27(17-15-25)29(30-24-33(2)31-13-7-6-12-28(30)31)23-32(36)35-21-19-34(20-22-35)18-8-11-26-9-4-3-5-10-26/h3-17,24,29H,18-23H2,1-2H3/b11-8+/t29-/m0/s1. The Balaban J connectivity index is 1.27. The molecule has 0 N–H and O–H groups in total. The van der Waals surface area contributed by atoms with E-state index in [9.17, 15) is 4.79 Å². The third-order valence-electron chi connectivity index (χ3n) is 7.36. The van der Waals surface area contributed by atoms with Crippen LogP contribution in [0.25, 0.3) is 17.0 Å². The number of para-hydroxylation sites is 1. The summed E-state index contributed by atoms with van der Waals surface area (Å²) in [5, 5.41) is 1.23. The zero-order valence-electron chi connectivity index (χ0n) is 21.3. The number of benzene rings is 3. The zero-order valence-corrected chi connectivity index (χ0v) is 21.3. The maximum Gasteiger partial charge on any atom is 0.223 e. The fourth-order valence-electron chi connectivity index (χ4n) is 5.24. The van der Waals surface area contributed by atoms with Crippen LogP contribution in [0.1, 0.15) is 34.6 Å². The maximum absolute atomic E-state index is 13.6. The topological polar surface area (TPSA) is 28.5 Å². The minimum atomic E-state index is 0.0380. The van der Waals surface area contributed by atoms with Gasteiger partial charge in [0, 0.05) is 69.2 Å². The number of hydrogen-bond donors (Lipinski definition) is 0. The number of piperazine rings is 1. The normalized spacial score (nSPS) is 15.6. The van der Waals surface area contributed by atoms with Gasteiger partial charge in [0.25, 0.3) is 0 Å². The molecule has 0 saturated carbocycles. The summed E-state index contributed by atoms with van der Waals surface area (Å²) in [5.41, 5.74) is 6.10. The zero-order chi connectivity index (χ0) is 24.9. The van der Waals surface area contributed by atoms with Gasteiger partial charge in [-0.25, -0.2) is 0 Å². The number of hydrogen-bond acceptors (Lipinski definition) is 2. The molecule has 4 nitrogen and oxygen atoms in total. The van der Waals surface area contributed by atoms with Crippen molar-refractivity contribution in [2.75, 3.05) is 32.7 Å². The van der Waals surface area contributed by atoms with Crippen LogP contribution in [0.5, 0.6) is 0 Å². The molecule has 0 unspecified atom stereocenters. The van der Waals surface area contributed by atoms with Crippen LogP contribution in [0.2, 0.25) is 0 Å². The summed E-state index contributed by atoms with van der Waals surface area (Å²) >= 11 is 0. The number of amides is 1. The predicted molar refractivity (Wildman–Crippen MR) is 149 cm³/mol. The van der Waals surface area contributed by atoms with Gasteiger partial charge in [-0.1, -0.05) is 90.5 Å². The second-order valence-corrected chi connectivity index (χ2v) is 9.87. The van der Waals surface area contributed by atoms with Crippen LogP contribution in [0.15, 0.2) is 91.1 Å². The van der Waals surface area contributed by atoms with Crippen LogP contribution >= 0.6 is 0 Å². The molecule has 0 aliphatic carbocycles. The first kappa shape index (κ1) is 24.1. The summed E-state index contributed by atoms with van der Waals surface area (Å²) in [6.45, 7) is 6.42. The number of carbonyl (C=O) groups is 1. The molecule has 1 fully saturated rings. The first-order valence-corrected chi connectivity index (χ1v) is 12.9. The molecular weight excluding hydrogens is 442 g/mol. The molecule has 1 amide bonds. The Labute approximate surface area is 214 Å². The summed E-state index contributed by atoms with van der Waals surface area (Å²) in [6, 6.07) is 27.6. The Morgan fingerprint density at radius 1 is 0.889 bits per heavy atom. The minimum absolute atomic E-state index is 0.0380. The maximum atomic E-state index is 13.6. The number of aromatic nitrogens is 1. The van der Waals surface area contributed by atoms with E-state index in [1.54, 1.807) is 0 Å². The average molecular weight is 478 g/mol. The van der Waals surface area contributed by atoms with Gasteiger partial charge in [-0.3, -0.25) is 9.69 Å². The third-order valence-corrected chi connectivity index (χ3v) is 7.36. The summed E-state index contributed by atoms with van der Waals surface area (Å²) in [4.78, 5) is 18.0. The van der Waals surface area contributed by atoms with E-state index >= 15 is 0 Å². The van der Waals surface area contributed by atoms with E-state index < -0.39 is 0 Å². The van der Waals surface area contributed by atoms with Crippen molar-refractivity contribution in [3.63, 3.8) is 0 Å². The minimum Gasteiger partial charge on any atom is -0.350 e. The van der Waals surface area contributed by atoms with Crippen LogP contribution in [0.4, 0.5) is 0 Å². The molecule has 1 saturated heterocycles. The van der Waals surface area contributed by atoms with E-state index in [1.807, 2.05) is 6.07 Å². The summed E-state index contributed by atoms with van der Waals surface area (Å²) in [6.07, 6.45) is 7.10. The van der Waals surface area contributed by atoms with Crippen molar-refractivity contribution in [1.29, 1.82) is 0 Å². The number of carbonyl (C=O) groups excluding carboxylic acids is 1. The highest BCUT2D eigenvalue weighted by Gasteiger charge is 2.27. The quantitative estimate of drug-likeness (QED) is 0.333. The highest BCUT2D eigenvalue weighted by Crippen LogP contribution is 2.35. The van der Waals surface area contributed by atoms with Crippen molar-refractivity contribution in [3.8, 4) is 0 Å². The molecule has 184 valence electrons. The lowest BCUT2D eigenvalue weighted by atomic mass is 9.87. The lowest BCUT2D eigenvalue weighted by Crippen LogP contribution is -2.48. The van der Waals surface area contributed by atoms with E-state index in [-0.39, 0.29) is 11.8 Å². The number of nitrogens with zero attached hydrogens (tertiary/aromatic N) is 3. The Morgan fingerprint density at radius 2 is 1.58 bits per heavy atom. The van der Waals surface area contributed by atoms with Gasteiger partial charge in [-0.2, -0.15) is 0 Å². The Bertz CT molecular complexity index is 1330. The SMILES string of the molecule is Cc1ccc([C@H](CC(=O)N2CCN(C/C=C/c3ccccc3)CC2)c2cn(C)c3ccccc23)cc1. The van der Waals surface area contributed by atoms with E-state index in [1.165, 1.54) is 33.2 Å². The van der Waals surface area contributed by atoms with Gasteiger partial charge in [0.2, 0.25) is 5.91 Å². The van der Waals surface area contributed by atoms with Crippen LogP contribution in [0.3, 0.4) is 0 Å². The molecule has 0 radical (unpaired) electrons. The smallest absolute Gasteiger partial charge is 0.223 e. The van der Waals surface area contributed by atoms with Gasteiger partial charge < -0.3 is 9.47 Å². The predicted octanol–water partition coefficient (Wildman–Crippen LogP) is 5.87. The number of aryl methyl sites for hydroxylation is 2. The van der Waals surface area contributed by atoms with Crippen molar-refractivity contribution < 1.29 is 4.79 Å². The van der Waals surface area contributed by atoms with Crippen molar-refractivity contribution in [1.82, 2.24) is 14.4 Å². The summed E-state index contributed by atoms with van der Waals surface area (Å²) in [7, 11) is 2.09. The molecule has 2 heterocycles. The monoisotopic (exact) mass is 477 g/mol. The van der Waals surface area contributed by atoms with Gasteiger partial charge in [0.15, 0.2) is 0 Å². The van der Waals surface area contributed by atoms with Gasteiger partial charge in [-0.15, -0.1) is 0 Å². The Kier molecular flexibility index (Phi) is 7.33. The molecule has 4 heteroatoms. The Hall–Kier alpha value is -3.63. The number of fused-ring (bicyclic) bond motifs is 1. The largest absolute Gasteiger partial charge is 0.350 e. The first-order valence-electron chi connectivity index (χ1n) is 12.9. The van der Waals surface area contributed by atoms with Gasteiger partial charge in [0.05, 0.1) is 0 Å². The van der Waals surface area contributed by atoms with Crippen molar-refractivity contribution in [3.05, 3.63) is 113 Å². The fourth-order valence-corrected chi connectivity index (χ4v) is 5.24. The van der Waals surface area contributed by atoms with Crippen LogP contribution in [0, 0.1) is 6.92 Å². The van der Waals surface area contributed by atoms with Crippen LogP contribution in [-0.2, 0) is 11.8 Å². The summed E-state index contributed by atoms with van der Waals surface area (Å²) in [5.74, 6) is 0.282. The lowest BCUT2D eigenvalue weighted by molar-refractivity contribution is -0.133. The molecule has 0 bridgehead atoms. The van der Waals surface area contributed by atoms with Crippen molar-refractivity contribution in [2.24, 2.45) is 7.05 Å². The van der Waals surface area contributed by atoms with Gasteiger partial charge in [0.1, 0.15) is 0 Å². The molecule has 36 heavy (non-hydrogen) atoms. The second kappa shape index (κ2) is 11.0. The average Bonchev–Trinajstić information content (AvgIpc) is 3.25. The van der Waals surface area contributed by atoms with E-state index in [2.05, 4.69) is 119 Å². The van der Waals surface area contributed by atoms with Gasteiger partial charge in [-0.05, 0) is 29.7 Å².